The molecule has 1 N–H and O–H groups in total. The Morgan fingerprint density at radius 2 is 2.21 bits per heavy atom. The van der Waals surface area contributed by atoms with E-state index in [0.29, 0.717) is 11.4 Å². The molecule has 0 saturated heterocycles. The minimum absolute atomic E-state index is 0.284. The molecular weight excluding hydrogens is 219 g/mol. The van der Waals surface area contributed by atoms with E-state index in [9.17, 15) is 5.11 Å². The number of hydrogen-bond donors (Lipinski definition) is 1. The number of aliphatic hydroxyl groups excluding tert-OH is 1. The van der Waals surface area contributed by atoms with Crippen molar-refractivity contribution in [3.8, 4) is 0 Å². The third kappa shape index (κ3) is 3.70. The fraction of sp³-hybridized carbons (Fsp3) is 0.273. The first kappa shape index (κ1) is 11.6. The van der Waals surface area contributed by atoms with Crippen LogP contribution in [0.5, 0.6) is 0 Å². The number of halogens is 2. The first-order valence-electron chi connectivity index (χ1n) is 4.36. The van der Waals surface area contributed by atoms with Crippen molar-refractivity contribution in [3.63, 3.8) is 0 Å². The highest BCUT2D eigenvalue weighted by Gasteiger charge is 2.06. The number of aliphatic hydroxyl groups is 1. The van der Waals surface area contributed by atoms with Crippen LogP contribution in [-0.4, -0.2) is 11.2 Å². The van der Waals surface area contributed by atoms with E-state index in [0.717, 1.165) is 12.0 Å². The van der Waals surface area contributed by atoms with Gasteiger partial charge in [0, 0.05) is 10.1 Å². The molecule has 0 bridgehead atoms. The molecule has 3 heteroatoms. The highest BCUT2D eigenvalue weighted by molar-refractivity contribution is 6.30. The van der Waals surface area contributed by atoms with Gasteiger partial charge in [-0.2, -0.15) is 0 Å². The molecule has 1 rings (SSSR count). The standard InChI is InChI=1S/C11H12Cl2O/c1-8(12)11(14)6-5-9-3-2-4-10(13)7-9/h2-4,7,11,14H,1,5-6H2. The van der Waals surface area contributed by atoms with Gasteiger partial charge in [0.05, 0.1) is 6.10 Å². The Morgan fingerprint density at radius 1 is 1.50 bits per heavy atom. The Hall–Kier alpha value is -0.500. The molecule has 0 saturated carbocycles. The lowest BCUT2D eigenvalue weighted by molar-refractivity contribution is 0.209. The quantitative estimate of drug-likeness (QED) is 0.842. The predicted octanol–water partition coefficient (Wildman–Crippen LogP) is 3.39. The molecule has 0 aliphatic heterocycles. The van der Waals surface area contributed by atoms with E-state index in [2.05, 4.69) is 6.58 Å². The van der Waals surface area contributed by atoms with Crippen molar-refractivity contribution in [3.05, 3.63) is 46.5 Å². The zero-order valence-corrected chi connectivity index (χ0v) is 9.22. The van der Waals surface area contributed by atoms with Gasteiger partial charge in [-0.1, -0.05) is 41.9 Å². The van der Waals surface area contributed by atoms with Gasteiger partial charge in [0.2, 0.25) is 0 Å². The summed E-state index contributed by atoms with van der Waals surface area (Å²) in [4.78, 5) is 0. The maximum atomic E-state index is 9.39. The minimum atomic E-state index is -0.643. The zero-order valence-electron chi connectivity index (χ0n) is 7.71. The molecule has 1 aromatic carbocycles. The third-order valence-electron chi connectivity index (χ3n) is 1.96. The van der Waals surface area contributed by atoms with Crippen LogP contribution < -0.4 is 0 Å². The van der Waals surface area contributed by atoms with Crippen LogP contribution in [0.15, 0.2) is 35.9 Å². The maximum Gasteiger partial charge on any atom is 0.0892 e. The van der Waals surface area contributed by atoms with Gasteiger partial charge in [-0.15, -0.1) is 0 Å². The average Bonchev–Trinajstić information content (AvgIpc) is 2.14. The number of rotatable bonds is 4. The molecule has 0 aromatic heterocycles. The Balaban J connectivity index is 2.49. The second-order valence-corrected chi connectivity index (χ2v) is 4.05. The molecule has 1 nitrogen and oxygen atoms in total. The van der Waals surface area contributed by atoms with E-state index in [1.165, 1.54) is 0 Å². The van der Waals surface area contributed by atoms with Crippen molar-refractivity contribution in [2.24, 2.45) is 0 Å². The first-order valence-corrected chi connectivity index (χ1v) is 5.12. The van der Waals surface area contributed by atoms with Crippen LogP contribution in [0.2, 0.25) is 5.02 Å². The van der Waals surface area contributed by atoms with E-state index in [-0.39, 0.29) is 5.03 Å². The molecule has 0 aliphatic carbocycles. The Morgan fingerprint density at radius 3 is 2.79 bits per heavy atom. The second-order valence-electron chi connectivity index (χ2n) is 3.13. The lowest BCUT2D eigenvalue weighted by Crippen LogP contribution is -2.07. The van der Waals surface area contributed by atoms with Crippen LogP contribution in [-0.2, 0) is 6.42 Å². The Bertz CT molecular complexity index is 323. The topological polar surface area (TPSA) is 20.2 Å². The maximum absolute atomic E-state index is 9.39. The highest BCUT2D eigenvalue weighted by atomic mass is 35.5. The van der Waals surface area contributed by atoms with E-state index in [1.807, 2.05) is 24.3 Å². The first-order chi connectivity index (χ1) is 6.59. The summed E-state index contributed by atoms with van der Waals surface area (Å²) in [6.07, 6.45) is 0.673. The van der Waals surface area contributed by atoms with E-state index in [1.54, 1.807) is 0 Å². The van der Waals surface area contributed by atoms with Gasteiger partial charge in [0.1, 0.15) is 0 Å². The summed E-state index contributed by atoms with van der Waals surface area (Å²) in [7, 11) is 0. The van der Waals surface area contributed by atoms with Crippen molar-refractivity contribution in [2.75, 3.05) is 0 Å². The summed E-state index contributed by atoms with van der Waals surface area (Å²) < 4.78 is 0. The largest absolute Gasteiger partial charge is 0.388 e. The molecule has 14 heavy (non-hydrogen) atoms. The molecule has 0 aliphatic rings. The zero-order chi connectivity index (χ0) is 10.6. The van der Waals surface area contributed by atoms with Crippen LogP contribution in [0.4, 0.5) is 0 Å². The molecule has 0 heterocycles. The lowest BCUT2D eigenvalue weighted by atomic mass is 10.1. The average molecular weight is 231 g/mol. The SMILES string of the molecule is C=C(Cl)C(O)CCc1cccc(Cl)c1. The summed E-state index contributed by atoms with van der Waals surface area (Å²) in [5.74, 6) is 0. The summed E-state index contributed by atoms with van der Waals surface area (Å²) in [6.45, 7) is 3.47. The summed E-state index contributed by atoms with van der Waals surface area (Å²) >= 11 is 11.4. The van der Waals surface area contributed by atoms with Crippen LogP contribution in [0, 0.1) is 0 Å². The van der Waals surface area contributed by atoms with Crippen LogP contribution in [0.25, 0.3) is 0 Å². The van der Waals surface area contributed by atoms with Crippen molar-refractivity contribution in [1.29, 1.82) is 0 Å². The molecule has 0 spiro atoms. The van der Waals surface area contributed by atoms with Gasteiger partial charge in [0.15, 0.2) is 0 Å². The summed E-state index contributed by atoms with van der Waals surface area (Å²) in [6, 6.07) is 7.56. The molecular formula is C11H12Cl2O. The lowest BCUT2D eigenvalue weighted by Gasteiger charge is -2.08. The molecule has 76 valence electrons. The van der Waals surface area contributed by atoms with Crippen LogP contribution in [0.3, 0.4) is 0 Å². The van der Waals surface area contributed by atoms with Crippen LogP contribution >= 0.6 is 23.2 Å². The predicted molar refractivity (Wildman–Crippen MR) is 60.8 cm³/mol. The summed E-state index contributed by atoms with van der Waals surface area (Å²) in [5, 5.41) is 10.4. The van der Waals surface area contributed by atoms with E-state index < -0.39 is 6.10 Å². The van der Waals surface area contributed by atoms with Crippen molar-refractivity contribution in [2.45, 2.75) is 18.9 Å². The monoisotopic (exact) mass is 230 g/mol. The van der Waals surface area contributed by atoms with E-state index in [4.69, 9.17) is 23.2 Å². The second kappa shape index (κ2) is 5.40. The van der Waals surface area contributed by atoms with Crippen molar-refractivity contribution < 1.29 is 5.11 Å². The Kier molecular flexibility index (Phi) is 4.46. The van der Waals surface area contributed by atoms with Gasteiger partial charge >= 0.3 is 0 Å². The highest BCUT2D eigenvalue weighted by Crippen LogP contribution is 2.15. The normalized spacial score (nSPS) is 12.5. The molecule has 0 fully saturated rings. The molecule has 0 radical (unpaired) electrons. The minimum Gasteiger partial charge on any atom is -0.388 e. The molecule has 1 unspecified atom stereocenters. The van der Waals surface area contributed by atoms with E-state index >= 15 is 0 Å². The molecule has 0 amide bonds. The van der Waals surface area contributed by atoms with Gasteiger partial charge in [-0.25, -0.2) is 0 Å². The molecule has 1 aromatic rings. The number of benzene rings is 1. The van der Waals surface area contributed by atoms with Crippen molar-refractivity contribution in [1.82, 2.24) is 0 Å². The number of hydrogen-bond acceptors (Lipinski definition) is 1. The fourth-order valence-corrected chi connectivity index (χ4v) is 1.47. The van der Waals surface area contributed by atoms with Gasteiger partial charge in [0.25, 0.3) is 0 Å². The van der Waals surface area contributed by atoms with Gasteiger partial charge in [-0.05, 0) is 30.5 Å². The fourth-order valence-electron chi connectivity index (χ4n) is 1.15. The number of aryl methyl sites for hydroxylation is 1. The Labute approximate surface area is 94.0 Å². The van der Waals surface area contributed by atoms with Gasteiger partial charge < -0.3 is 5.11 Å². The third-order valence-corrected chi connectivity index (χ3v) is 2.44. The van der Waals surface area contributed by atoms with Crippen molar-refractivity contribution >= 4 is 23.2 Å². The van der Waals surface area contributed by atoms with Crippen LogP contribution in [0.1, 0.15) is 12.0 Å². The molecule has 1 atom stereocenters. The smallest absolute Gasteiger partial charge is 0.0892 e. The van der Waals surface area contributed by atoms with Gasteiger partial charge in [-0.3, -0.25) is 0 Å². The summed E-state index contributed by atoms with van der Waals surface area (Å²) in [5.41, 5.74) is 1.09.